The maximum atomic E-state index is 13.7. The Kier molecular flexibility index (Phi) is 3.49. The lowest BCUT2D eigenvalue weighted by atomic mass is 9.91. The Morgan fingerprint density at radius 1 is 1.16 bits per heavy atom. The van der Waals surface area contributed by atoms with Gasteiger partial charge in [-0.25, -0.2) is 9.38 Å². The summed E-state index contributed by atoms with van der Waals surface area (Å²) in [4.78, 5) is 9.32. The molecule has 128 valence electrons. The van der Waals surface area contributed by atoms with E-state index in [1.165, 1.54) is 13.2 Å². The lowest BCUT2D eigenvalue weighted by molar-refractivity contribution is 0.225. The standard InChI is InChI=1S/C19H18FN3O2/c1-11-18(21)23-19(22-11)7-8-25-16-6-4-12(9-14(16)19)13-3-5-15(20)17(10-13)24-2/h3-6,9-10H,7-8H2,1-2H3,(H2,21,23). The largest absolute Gasteiger partial charge is 0.494 e. The fourth-order valence-corrected chi connectivity index (χ4v) is 3.30. The van der Waals surface area contributed by atoms with Crippen molar-refractivity contribution in [3.8, 4) is 22.6 Å². The Balaban J connectivity index is 1.85. The second-order valence-electron chi connectivity index (χ2n) is 6.17. The molecule has 0 saturated heterocycles. The Hall–Kier alpha value is -2.89. The van der Waals surface area contributed by atoms with Gasteiger partial charge in [0.25, 0.3) is 0 Å². The third-order valence-corrected chi connectivity index (χ3v) is 4.63. The minimum Gasteiger partial charge on any atom is -0.494 e. The third kappa shape index (κ3) is 2.45. The topological polar surface area (TPSA) is 69.2 Å². The van der Waals surface area contributed by atoms with Crippen LogP contribution in [0.4, 0.5) is 4.39 Å². The molecule has 0 aromatic heterocycles. The second-order valence-corrected chi connectivity index (χ2v) is 6.17. The van der Waals surface area contributed by atoms with E-state index in [2.05, 4.69) is 4.99 Å². The van der Waals surface area contributed by atoms with Gasteiger partial charge in [0.2, 0.25) is 0 Å². The normalized spacial score (nSPS) is 21.4. The van der Waals surface area contributed by atoms with Crippen LogP contribution in [0.15, 0.2) is 46.4 Å². The summed E-state index contributed by atoms with van der Waals surface area (Å²) in [6.07, 6.45) is 0.633. The van der Waals surface area contributed by atoms with Crippen LogP contribution >= 0.6 is 0 Å². The van der Waals surface area contributed by atoms with E-state index in [0.717, 1.165) is 28.2 Å². The zero-order chi connectivity index (χ0) is 17.6. The Bertz CT molecular complexity index is 903. The maximum Gasteiger partial charge on any atom is 0.185 e. The van der Waals surface area contributed by atoms with Crippen LogP contribution in [0, 0.1) is 5.82 Å². The highest BCUT2D eigenvalue weighted by Crippen LogP contribution is 2.45. The predicted molar refractivity (Wildman–Crippen MR) is 94.9 cm³/mol. The van der Waals surface area contributed by atoms with Gasteiger partial charge in [-0.3, -0.25) is 4.99 Å². The monoisotopic (exact) mass is 339 g/mol. The number of fused-ring (bicyclic) bond motifs is 2. The third-order valence-electron chi connectivity index (χ3n) is 4.63. The van der Waals surface area contributed by atoms with E-state index >= 15 is 0 Å². The summed E-state index contributed by atoms with van der Waals surface area (Å²) >= 11 is 0. The van der Waals surface area contributed by atoms with Gasteiger partial charge < -0.3 is 15.2 Å². The molecule has 25 heavy (non-hydrogen) atoms. The molecule has 0 radical (unpaired) electrons. The van der Waals surface area contributed by atoms with Gasteiger partial charge in [-0.2, -0.15) is 0 Å². The highest BCUT2D eigenvalue weighted by molar-refractivity contribution is 6.41. The van der Waals surface area contributed by atoms with Crippen molar-refractivity contribution >= 4 is 11.5 Å². The number of nitrogens with two attached hydrogens (primary N) is 1. The van der Waals surface area contributed by atoms with Gasteiger partial charge in [0.15, 0.2) is 17.2 Å². The summed E-state index contributed by atoms with van der Waals surface area (Å²) in [5.74, 6) is 1.02. The molecule has 0 aliphatic carbocycles. The highest BCUT2D eigenvalue weighted by atomic mass is 19.1. The molecule has 0 amide bonds. The summed E-state index contributed by atoms with van der Waals surface area (Å²) in [7, 11) is 1.45. The molecule has 2 aromatic rings. The molecular formula is C19H18FN3O2. The van der Waals surface area contributed by atoms with E-state index in [0.29, 0.717) is 18.9 Å². The van der Waals surface area contributed by atoms with Crippen molar-refractivity contribution in [3.05, 3.63) is 47.8 Å². The first kappa shape index (κ1) is 15.6. The van der Waals surface area contributed by atoms with Crippen molar-refractivity contribution in [1.82, 2.24) is 0 Å². The molecule has 1 unspecified atom stereocenters. The Labute approximate surface area is 145 Å². The number of halogens is 1. The molecule has 2 aromatic carbocycles. The maximum absolute atomic E-state index is 13.7. The van der Waals surface area contributed by atoms with Gasteiger partial charge in [-0.05, 0) is 42.3 Å². The van der Waals surface area contributed by atoms with Crippen LogP contribution in [-0.2, 0) is 5.66 Å². The molecule has 6 heteroatoms. The molecule has 2 N–H and O–H groups in total. The molecule has 4 rings (SSSR count). The fraction of sp³-hybridized carbons (Fsp3) is 0.263. The number of benzene rings is 2. The lowest BCUT2D eigenvalue weighted by Crippen LogP contribution is -2.28. The van der Waals surface area contributed by atoms with Crippen LogP contribution in [0.2, 0.25) is 0 Å². The number of hydrogen-bond donors (Lipinski definition) is 1. The van der Waals surface area contributed by atoms with Crippen LogP contribution in [-0.4, -0.2) is 25.3 Å². The number of methoxy groups -OCH3 is 1. The van der Waals surface area contributed by atoms with E-state index < -0.39 is 11.5 Å². The Morgan fingerprint density at radius 3 is 2.64 bits per heavy atom. The van der Waals surface area contributed by atoms with E-state index in [1.807, 2.05) is 25.1 Å². The lowest BCUT2D eigenvalue weighted by Gasteiger charge is -2.31. The van der Waals surface area contributed by atoms with Gasteiger partial charge in [-0.1, -0.05) is 12.1 Å². The van der Waals surface area contributed by atoms with Crippen LogP contribution in [0.5, 0.6) is 11.5 Å². The number of ether oxygens (including phenoxy) is 2. The summed E-state index contributed by atoms with van der Waals surface area (Å²) in [6.45, 7) is 2.39. The molecule has 1 spiro atoms. The molecule has 5 nitrogen and oxygen atoms in total. The fourth-order valence-electron chi connectivity index (χ4n) is 3.30. The number of hydrogen-bond acceptors (Lipinski definition) is 5. The van der Waals surface area contributed by atoms with Gasteiger partial charge in [-0.15, -0.1) is 0 Å². The van der Waals surface area contributed by atoms with Gasteiger partial charge >= 0.3 is 0 Å². The van der Waals surface area contributed by atoms with E-state index in [9.17, 15) is 4.39 Å². The van der Waals surface area contributed by atoms with Crippen molar-refractivity contribution in [2.24, 2.45) is 15.7 Å². The van der Waals surface area contributed by atoms with Crippen LogP contribution in [0.1, 0.15) is 18.9 Å². The first-order valence-electron chi connectivity index (χ1n) is 8.06. The van der Waals surface area contributed by atoms with Crippen molar-refractivity contribution in [3.63, 3.8) is 0 Å². The summed E-state index contributed by atoms with van der Waals surface area (Å²) in [5, 5.41) is 0. The quantitative estimate of drug-likeness (QED) is 0.913. The number of nitrogens with zero attached hydrogens (tertiary/aromatic N) is 2. The van der Waals surface area contributed by atoms with Crippen molar-refractivity contribution < 1.29 is 13.9 Å². The Morgan fingerprint density at radius 2 is 1.92 bits per heavy atom. The number of amidine groups is 1. The van der Waals surface area contributed by atoms with Crippen molar-refractivity contribution in [1.29, 1.82) is 0 Å². The molecule has 0 fully saturated rings. The molecule has 1 atom stereocenters. The van der Waals surface area contributed by atoms with Crippen LogP contribution in [0.3, 0.4) is 0 Å². The van der Waals surface area contributed by atoms with E-state index in [1.54, 1.807) is 12.1 Å². The smallest absolute Gasteiger partial charge is 0.185 e. The molecule has 2 aliphatic heterocycles. The van der Waals surface area contributed by atoms with Gasteiger partial charge in [0, 0.05) is 12.0 Å². The van der Waals surface area contributed by atoms with Gasteiger partial charge in [0.05, 0.1) is 19.4 Å². The minimum absolute atomic E-state index is 0.207. The average Bonchev–Trinajstić information content (AvgIpc) is 2.90. The molecule has 0 bridgehead atoms. The van der Waals surface area contributed by atoms with Crippen molar-refractivity contribution in [2.45, 2.75) is 19.0 Å². The number of aliphatic imine (C=N–C) groups is 2. The summed E-state index contributed by atoms with van der Waals surface area (Å²) in [5.41, 5.74) is 8.61. The SMILES string of the molecule is COc1cc(-c2ccc3c(c2)C2(CCO3)N=C(C)C(N)=N2)ccc1F. The zero-order valence-corrected chi connectivity index (χ0v) is 14.0. The second kappa shape index (κ2) is 5.58. The molecule has 0 saturated carbocycles. The van der Waals surface area contributed by atoms with Crippen LogP contribution in [0.25, 0.3) is 11.1 Å². The minimum atomic E-state index is -0.720. The predicted octanol–water partition coefficient (Wildman–Crippen LogP) is 3.27. The van der Waals surface area contributed by atoms with Gasteiger partial charge in [0.1, 0.15) is 11.6 Å². The van der Waals surface area contributed by atoms with Crippen LogP contribution < -0.4 is 15.2 Å². The first-order chi connectivity index (χ1) is 12.0. The molecule has 2 aliphatic rings. The molecular weight excluding hydrogens is 321 g/mol. The molecule has 2 heterocycles. The summed E-state index contributed by atoms with van der Waals surface area (Å²) < 4.78 is 24.5. The van der Waals surface area contributed by atoms with E-state index in [-0.39, 0.29) is 5.75 Å². The number of rotatable bonds is 2. The van der Waals surface area contributed by atoms with Crippen molar-refractivity contribution in [2.75, 3.05) is 13.7 Å². The van der Waals surface area contributed by atoms with E-state index in [4.69, 9.17) is 20.2 Å². The zero-order valence-electron chi connectivity index (χ0n) is 14.0. The summed E-state index contributed by atoms with van der Waals surface area (Å²) in [6, 6.07) is 10.6. The highest BCUT2D eigenvalue weighted by Gasteiger charge is 2.41. The average molecular weight is 339 g/mol. The first-order valence-corrected chi connectivity index (χ1v) is 8.06.